The third-order valence-corrected chi connectivity index (χ3v) is 3.12. The van der Waals surface area contributed by atoms with Crippen molar-refractivity contribution in [1.29, 1.82) is 0 Å². The minimum Gasteiger partial charge on any atom is -0.361 e. The molecule has 0 aliphatic heterocycles. The second kappa shape index (κ2) is 4.77. The highest BCUT2D eigenvalue weighted by molar-refractivity contribution is 5.93. The first-order valence-electron chi connectivity index (χ1n) is 6.26. The predicted molar refractivity (Wildman–Crippen MR) is 77.3 cm³/mol. The molecule has 0 atom stereocenters. The van der Waals surface area contributed by atoms with E-state index in [-0.39, 0.29) is 5.91 Å². The van der Waals surface area contributed by atoms with Crippen LogP contribution in [0.25, 0.3) is 22.3 Å². The zero-order chi connectivity index (χ0) is 14.1. The van der Waals surface area contributed by atoms with Crippen LogP contribution >= 0.6 is 0 Å². The molecule has 2 aromatic heterocycles. The number of nitrogens with zero attached hydrogens (tertiary/aromatic N) is 3. The third-order valence-electron chi connectivity index (χ3n) is 3.12. The van der Waals surface area contributed by atoms with Gasteiger partial charge in [0.1, 0.15) is 0 Å². The predicted octanol–water partition coefficient (Wildman–Crippen LogP) is 2.33. The van der Waals surface area contributed by atoms with Gasteiger partial charge < -0.3 is 9.88 Å². The van der Waals surface area contributed by atoms with E-state index in [9.17, 15) is 4.79 Å². The highest BCUT2D eigenvalue weighted by Gasteiger charge is 2.10. The molecule has 0 saturated heterocycles. The average Bonchev–Trinajstić information content (AvgIpc) is 2.94. The summed E-state index contributed by atoms with van der Waals surface area (Å²) >= 11 is 0. The fourth-order valence-corrected chi connectivity index (χ4v) is 2.04. The molecule has 0 spiro atoms. The van der Waals surface area contributed by atoms with E-state index in [0.29, 0.717) is 11.4 Å². The van der Waals surface area contributed by atoms with Gasteiger partial charge in [-0.1, -0.05) is 0 Å². The van der Waals surface area contributed by atoms with E-state index in [4.69, 9.17) is 0 Å². The molecule has 2 heterocycles. The Hall–Kier alpha value is -2.69. The van der Waals surface area contributed by atoms with Crippen molar-refractivity contribution >= 4 is 16.8 Å². The molecule has 3 rings (SSSR count). The third kappa shape index (κ3) is 2.14. The largest absolute Gasteiger partial charge is 0.361 e. The summed E-state index contributed by atoms with van der Waals surface area (Å²) in [5.74, 6) is 0.515. The van der Waals surface area contributed by atoms with Crippen molar-refractivity contribution in [2.75, 3.05) is 14.1 Å². The highest BCUT2D eigenvalue weighted by Crippen LogP contribution is 2.20. The Morgan fingerprint density at radius 3 is 2.60 bits per heavy atom. The van der Waals surface area contributed by atoms with Crippen LogP contribution in [0.2, 0.25) is 0 Å². The molecule has 5 heteroatoms. The summed E-state index contributed by atoms with van der Waals surface area (Å²) in [6.45, 7) is 0. The molecule has 1 amide bonds. The molecule has 20 heavy (non-hydrogen) atoms. The first-order valence-corrected chi connectivity index (χ1v) is 6.26. The van der Waals surface area contributed by atoms with E-state index in [0.717, 1.165) is 16.5 Å². The maximum atomic E-state index is 11.8. The maximum Gasteiger partial charge on any atom is 0.256 e. The molecular weight excluding hydrogens is 252 g/mol. The number of amides is 1. The van der Waals surface area contributed by atoms with Crippen LogP contribution < -0.4 is 0 Å². The van der Waals surface area contributed by atoms with Gasteiger partial charge >= 0.3 is 0 Å². The molecule has 0 saturated carbocycles. The van der Waals surface area contributed by atoms with Crippen LogP contribution in [0, 0.1) is 0 Å². The number of hydrogen-bond donors (Lipinski definition) is 1. The monoisotopic (exact) mass is 266 g/mol. The van der Waals surface area contributed by atoms with E-state index in [1.54, 1.807) is 26.5 Å². The standard InChI is InChI=1S/C15H14N4O/c1-19(2)15(20)12-8-17-14(18-9-12)11-3-4-13-10(7-11)5-6-16-13/h3-9,16H,1-2H3. The Labute approximate surface area is 116 Å². The van der Waals surface area contributed by atoms with Crippen LogP contribution in [0.5, 0.6) is 0 Å². The molecule has 0 aliphatic rings. The summed E-state index contributed by atoms with van der Waals surface area (Å²) in [5, 5.41) is 1.11. The lowest BCUT2D eigenvalue weighted by Gasteiger charge is -2.09. The van der Waals surface area contributed by atoms with Crippen LogP contribution in [0.1, 0.15) is 10.4 Å². The SMILES string of the molecule is CN(C)C(=O)c1cnc(-c2ccc3[nH]ccc3c2)nc1. The molecular formula is C15H14N4O. The number of nitrogens with one attached hydrogen (secondary N) is 1. The van der Waals surface area contributed by atoms with Crippen LogP contribution in [-0.4, -0.2) is 39.9 Å². The fourth-order valence-electron chi connectivity index (χ4n) is 2.04. The topological polar surface area (TPSA) is 61.9 Å². The van der Waals surface area contributed by atoms with E-state index in [1.165, 1.54) is 4.90 Å². The number of fused-ring (bicyclic) bond motifs is 1. The molecule has 100 valence electrons. The molecule has 0 bridgehead atoms. The number of carbonyl (C=O) groups excluding carboxylic acids is 1. The Bertz CT molecular complexity index is 759. The number of carbonyl (C=O) groups is 1. The zero-order valence-corrected chi connectivity index (χ0v) is 11.3. The van der Waals surface area contributed by atoms with Gasteiger partial charge in [0.15, 0.2) is 5.82 Å². The molecule has 3 aromatic rings. The minimum absolute atomic E-state index is 0.0994. The van der Waals surface area contributed by atoms with Crippen molar-refractivity contribution < 1.29 is 4.79 Å². The van der Waals surface area contributed by atoms with Crippen molar-refractivity contribution in [2.24, 2.45) is 0 Å². The summed E-state index contributed by atoms with van der Waals surface area (Å²) in [6.07, 6.45) is 5.02. The number of benzene rings is 1. The highest BCUT2D eigenvalue weighted by atomic mass is 16.2. The summed E-state index contributed by atoms with van der Waals surface area (Å²) in [7, 11) is 3.41. The van der Waals surface area contributed by atoms with E-state index in [2.05, 4.69) is 15.0 Å². The van der Waals surface area contributed by atoms with E-state index < -0.39 is 0 Å². The Kier molecular flexibility index (Phi) is 2.95. The Balaban J connectivity index is 1.96. The number of H-pyrrole nitrogens is 1. The first kappa shape index (κ1) is 12.3. The normalized spacial score (nSPS) is 10.7. The van der Waals surface area contributed by atoms with Gasteiger partial charge in [0, 0.05) is 49.2 Å². The lowest BCUT2D eigenvalue weighted by molar-refractivity contribution is 0.0827. The van der Waals surface area contributed by atoms with Gasteiger partial charge in [0.25, 0.3) is 5.91 Å². The average molecular weight is 266 g/mol. The minimum atomic E-state index is -0.0994. The maximum absolute atomic E-state index is 11.8. The van der Waals surface area contributed by atoms with Crippen molar-refractivity contribution in [1.82, 2.24) is 19.9 Å². The quantitative estimate of drug-likeness (QED) is 0.774. The molecule has 1 N–H and O–H groups in total. The Morgan fingerprint density at radius 1 is 1.15 bits per heavy atom. The summed E-state index contributed by atoms with van der Waals surface area (Å²) < 4.78 is 0. The van der Waals surface area contributed by atoms with Crippen molar-refractivity contribution in [3.8, 4) is 11.4 Å². The molecule has 1 aromatic carbocycles. The van der Waals surface area contributed by atoms with Gasteiger partial charge in [-0.25, -0.2) is 9.97 Å². The van der Waals surface area contributed by atoms with E-state index >= 15 is 0 Å². The van der Waals surface area contributed by atoms with Crippen LogP contribution in [0.4, 0.5) is 0 Å². The number of rotatable bonds is 2. The van der Waals surface area contributed by atoms with Crippen molar-refractivity contribution in [2.45, 2.75) is 0 Å². The lowest BCUT2D eigenvalue weighted by Crippen LogP contribution is -2.22. The number of aromatic amines is 1. The molecule has 0 aliphatic carbocycles. The van der Waals surface area contributed by atoms with Gasteiger partial charge in [-0.05, 0) is 24.3 Å². The number of aromatic nitrogens is 3. The first-order chi connectivity index (χ1) is 9.65. The lowest BCUT2D eigenvalue weighted by atomic mass is 10.1. The summed E-state index contributed by atoms with van der Waals surface area (Å²) in [4.78, 5) is 25.0. The summed E-state index contributed by atoms with van der Waals surface area (Å²) in [5.41, 5.74) is 2.50. The molecule has 0 fully saturated rings. The zero-order valence-electron chi connectivity index (χ0n) is 11.3. The van der Waals surface area contributed by atoms with Gasteiger partial charge in [-0.15, -0.1) is 0 Å². The molecule has 5 nitrogen and oxygen atoms in total. The van der Waals surface area contributed by atoms with Crippen LogP contribution in [0.15, 0.2) is 42.9 Å². The van der Waals surface area contributed by atoms with Crippen molar-refractivity contribution in [3.63, 3.8) is 0 Å². The molecule has 0 radical (unpaired) electrons. The summed E-state index contributed by atoms with van der Waals surface area (Å²) in [6, 6.07) is 7.98. The second-order valence-electron chi connectivity index (χ2n) is 4.77. The fraction of sp³-hybridized carbons (Fsp3) is 0.133. The second-order valence-corrected chi connectivity index (χ2v) is 4.77. The van der Waals surface area contributed by atoms with Crippen LogP contribution in [-0.2, 0) is 0 Å². The molecule has 0 unspecified atom stereocenters. The smallest absolute Gasteiger partial charge is 0.256 e. The Morgan fingerprint density at radius 2 is 1.90 bits per heavy atom. The van der Waals surface area contributed by atoms with Crippen LogP contribution in [0.3, 0.4) is 0 Å². The van der Waals surface area contributed by atoms with Gasteiger partial charge in [-0.2, -0.15) is 0 Å². The van der Waals surface area contributed by atoms with Gasteiger partial charge in [0.05, 0.1) is 5.56 Å². The van der Waals surface area contributed by atoms with E-state index in [1.807, 2.05) is 30.5 Å². The van der Waals surface area contributed by atoms with Gasteiger partial charge in [0.2, 0.25) is 0 Å². The van der Waals surface area contributed by atoms with Gasteiger partial charge in [-0.3, -0.25) is 4.79 Å². The van der Waals surface area contributed by atoms with Crippen molar-refractivity contribution in [3.05, 3.63) is 48.4 Å². The number of hydrogen-bond acceptors (Lipinski definition) is 3.